The summed E-state index contributed by atoms with van der Waals surface area (Å²) in [6.45, 7) is 7.72. The fraction of sp³-hybridized carbons (Fsp3) is 0.500. The zero-order chi connectivity index (χ0) is 18.6. The average Bonchev–Trinajstić information content (AvgIpc) is 3.15. The van der Waals surface area contributed by atoms with Crippen LogP contribution >= 0.6 is 0 Å². The summed E-state index contributed by atoms with van der Waals surface area (Å²) in [6.07, 6.45) is 2.37. The maximum atomic E-state index is 9.77. The molecule has 1 aromatic carbocycles. The highest BCUT2D eigenvalue weighted by Crippen LogP contribution is 2.29. The first-order valence-corrected chi connectivity index (χ1v) is 9.72. The summed E-state index contributed by atoms with van der Waals surface area (Å²) in [7, 11) is 0. The second kappa shape index (κ2) is 8.00. The standard InChI is InChI=1S/C20H27N5O2/c1-2-27-18-6-4-3-5-17(18)23-11-13-24(14-12-23)20-21-9-7-19(22-20)25-10-8-16(26)15-25/h3-7,9,16,26H,2,8,10-15H2,1H3/t16-/m1/s1. The summed E-state index contributed by atoms with van der Waals surface area (Å²) >= 11 is 0. The molecule has 0 amide bonds. The van der Waals surface area contributed by atoms with Crippen LogP contribution in [0.3, 0.4) is 0 Å². The normalized spacial score (nSPS) is 20.2. The molecule has 144 valence electrons. The molecule has 2 aromatic rings. The van der Waals surface area contributed by atoms with E-state index in [1.165, 1.54) is 0 Å². The quantitative estimate of drug-likeness (QED) is 0.862. The van der Waals surface area contributed by atoms with Crippen molar-refractivity contribution >= 4 is 17.5 Å². The number of hydrogen-bond acceptors (Lipinski definition) is 7. The van der Waals surface area contributed by atoms with Crippen LogP contribution in [-0.4, -0.2) is 67.1 Å². The number of aromatic nitrogens is 2. The third-order valence-electron chi connectivity index (χ3n) is 5.18. The summed E-state index contributed by atoms with van der Waals surface area (Å²) in [5, 5.41) is 9.77. The number of piperazine rings is 1. The van der Waals surface area contributed by atoms with Crippen LogP contribution < -0.4 is 19.4 Å². The largest absolute Gasteiger partial charge is 0.492 e. The van der Waals surface area contributed by atoms with Gasteiger partial charge in [-0.1, -0.05) is 12.1 Å². The Kier molecular flexibility index (Phi) is 5.29. The van der Waals surface area contributed by atoms with Crippen LogP contribution in [-0.2, 0) is 0 Å². The molecule has 1 atom stereocenters. The molecule has 7 nitrogen and oxygen atoms in total. The van der Waals surface area contributed by atoms with Crippen molar-refractivity contribution in [3.63, 3.8) is 0 Å². The third kappa shape index (κ3) is 3.93. The predicted octanol–water partition coefficient (Wildman–Crippen LogP) is 1.77. The van der Waals surface area contributed by atoms with E-state index < -0.39 is 0 Å². The van der Waals surface area contributed by atoms with Crippen molar-refractivity contribution in [2.75, 3.05) is 60.6 Å². The summed E-state index contributed by atoms with van der Waals surface area (Å²) in [6, 6.07) is 10.1. The van der Waals surface area contributed by atoms with Crippen molar-refractivity contribution in [1.82, 2.24) is 9.97 Å². The van der Waals surface area contributed by atoms with E-state index in [1.807, 2.05) is 31.3 Å². The van der Waals surface area contributed by atoms with Gasteiger partial charge in [-0.15, -0.1) is 0 Å². The molecular formula is C20H27N5O2. The van der Waals surface area contributed by atoms with E-state index in [9.17, 15) is 5.11 Å². The van der Waals surface area contributed by atoms with Gasteiger partial charge in [0.1, 0.15) is 11.6 Å². The van der Waals surface area contributed by atoms with Crippen LogP contribution in [0.4, 0.5) is 17.5 Å². The summed E-state index contributed by atoms with van der Waals surface area (Å²) in [5.41, 5.74) is 1.15. The predicted molar refractivity (Wildman–Crippen MR) is 107 cm³/mol. The zero-order valence-electron chi connectivity index (χ0n) is 15.8. The van der Waals surface area contributed by atoms with Crippen molar-refractivity contribution in [1.29, 1.82) is 0 Å². The number of β-amino-alcohol motifs (C(OH)–C–C–N with tert-alkyl or cyclic N) is 1. The Hall–Kier alpha value is -2.54. The summed E-state index contributed by atoms with van der Waals surface area (Å²) in [4.78, 5) is 15.9. The monoisotopic (exact) mass is 369 g/mol. The molecule has 4 rings (SSSR count). The number of ether oxygens (including phenoxy) is 1. The molecule has 1 aromatic heterocycles. The van der Waals surface area contributed by atoms with Crippen LogP contribution in [0.2, 0.25) is 0 Å². The van der Waals surface area contributed by atoms with Gasteiger partial charge < -0.3 is 24.5 Å². The first-order valence-electron chi connectivity index (χ1n) is 9.72. The van der Waals surface area contributed by atoms with Crippen LogP contribution in [0.1, 0.15) is 13.3 Å². The topological polar surface area (TPSA) is 65.0 Å². The Morgan fingerprint density at radius 3 is 2.56 bits per heavy atom. The van der Waals surface area contributed by atoms with Crippen LogP contribution in [0.5, 0.6) is 5.75 Å². The number of rotatable bonds is 5. The lowest BCUT2D eigenvalue weighted by molar-refractivity contribution is 0.198. The van der Waals surface area contributed by atoms with Gasteiger partial charge >= 0.3 is 0 Å². The summed E-state index contributed by atoms with van der Waals surface area (Å²) in [5.74, 6) is 2.62. The number of anilines is 3. The SMILES string of the molecule is CCOc1ccccc1N1CCN(c2nccc(N3CC[C@@H](O)C3)n2)CC1. The zero-order valence-corrected chi connectivity index (χ0v) is 15.8. The number of para-hydroxylation sites is 2. The van der Waals surface area contributed by atoms with E-state index in [1.54, 1.807) is 0 Å². The fourth-order valence-corrected chi connectivity index (χ4v) is 3.76. The molecule has 0 spiro atoms. The molecule has 2 fully saturated rings. The van der Waals surface area contributed by atoms with E-state index >= 15 is 0 Å². The van der Waals surface area contributed by atoms with Gasteiger partial charge in [-0.25, -0.2) is 4.98 Å². The van der Waals surface area contributed by atoms with Crippen LogP contribution in [0, 0.1) is 0 Å². The van der Waals surface area contributed by atoms with Crippen molar-refractivity contribution < 1.29 is 9.84 Å². The smallest absolute Gasteiger partial charge is 0.227 e. The van der Waals surface area contributed by atoms with E-state index in [0.29, 0.717) is 13.2 Å². The second-order valence-corrected chi connectivity index (χ2v) is 6.98. The number of aliphatic hydroxyl groups is 1. The summed E-state index contributed by atoms with van der Waals surface area (Å²) < 4.78 is 5.78. The van der Waals surface area contributed by atoms with Gasteiger partial charge in [0, 0.05) is 45.5 Å². The Morgan fingerprint density at radius 1 is 1.04 bits per heavy atom. The molecule has 0 aliphatic carbocycles. The van der Waals surface area contributed by atoms with Gasteiger partial charge in [-0.2, -0.15) is 4.98 Å². The van der Waals surface area contributed by atoms with Gasteiger partial charge in [-0.05, 0) is 31.5 Å². The van der Waals surface area contributed by atoms with Crippen molar-refractivity contribution in [2.45, 2.75) is 19.4 Å². The Balaban J connectivity index is 1.42. The minimum Gasteiger partial charge on any atom is -0.492 e. The lowest BCUT2D eigenvalue weighted by Crippen LogP contribution is -2.47. The molecular weight excluding hydrogens is 342 g/mol. The van der Waals surface area contributed by atoms with Crippen molar-refractivity contribution in [3.8, 4) is 5.75 Å². The number of aliphatic hydroxyl groups excluding tert-OH is 1. The van der Waals surface area contributed by atoms with Crippen LogP contribution in [0.15, 0.2) is 36.5 Å². The maximum absolute atomic E-state index is 9.77. The first-order chi connectivity index (χ1) is 13.2. The number of nitrogens with zero attached hydrogens (tertiary/aromatic N) is 5. The molecule has 2 aliphatic rings. The molecule has 0 saturated carbocycles. The van der Waals surface area contributed by atoms with Crippen molar-refractivity contribution in [2.24, 2.45) is 0 Å². The Morgan fingerprint density at radius 2 is 1.81 bits per heavy atom. The van der Waals surface area contributed by atoms with E-state index in [0.717, 1.165) is 62.3 Å². The highest BCUT2D eigenvalue weighted by atomic mass is 16.5. The van der Waals surface area contributed by atoms with E-state index in [2.05, 4.69) is 31.8 Å². The minimum absolute atomic E-state index is 0.252. The molecule has 27 heavy (non-hydrogen) atoms. The number of hydrogen-bond donors (Lipinski definition) is 1. The molecule has 3 heterocycles. The van der Waals surface area contributed by atoms with Crippen LogP contribution in [0.25, 0.3) is 0 Å². The van der Waals surface area contributed by atoms with E-state index in [-0.39, 0.29) is 6.10 Å². The maximum Gasteiger partial charge on any atom is 0.227 e. The molecule has 0 bridgehead atoms. The highest BCUT2D eigenvalue weighted by molar-refractivity contribution is 5.59. The van der Waals surface area contributed by atoms with Gasteiger partial charge in [0.2, 0.25) is 5.95 Å². The van der Waals surface area contributed by atoms with Gasteiger partial charge in [0.15, 0.2) is 0 Å². The Bertz CT molecular complexity index is 764. The molecule has 1 N–H and O–H groups in total. The molecule has 0 unspecified atom stereocenters. The lowest BCUT2D eigenvalue weighted by Gasteiger charge is -2.36. The molecule has 7 heteroatoms. The van der Waals surface area contributed by atoms with Gasteiger partial charge in [-0.3, -0.25) is 0 Å². The molecule has 0 radical (unpaired) electrons. The molecule has 2 saturated heterocycles. The fourth-order valence-electron chi connectivity index (χ4n) is 3.76. The lowest BCUT2D eigenvalue weighted by atomic mass is 10.2. The number of benzene rings is 1. The van der Waals surface area contributed by atoms with Gasteiger partial charge in [0.25, 0.3) is 0 Å². The first kappa shape index (κ1) is 17.9. The van der Waals surface area contributed by atoms with Gasteiger partial charge in [0.05, 0.1) is 18.4 Å². The average molecular weight is 369 g/mol. The third-order valence-corrected chi connectivity index (χ3v) is 5.18. The minimum atomic E-state index is -0.252. The molecule has 2 aliphatic heterocycles. The Labute approximate surface area is 160 Å². The van der Waals surface area contributed by atoms with Crippen molar-refractivity contribution in [3.05, 3.63) is 36.5 Å². The van der Waals surface area contributed by atoms with E-state index in [4.69, 9.17) is 9.72 Å². The second-order valence-electron chi connectivity index (χ2n) is 6.98. The highest BCUT2D eigenvalue weighted by Gasteiger charge is 2.24.